The molecule has 2 fully saturated rings. The van der Waals surface area contributed by atoms with Crippen LogP contribution in [-0.2, 0) is 4.74 Å². The highest BCUT2D eigenvalue weighted by Crippen LogP contribution is 2.33. The van der Waals surface area contributed by atoms with Gasteiger partial charge in [0.15, 0.2) is 5.96 Å². The van der Waals surface area contributed by atoms with Crippen molar-refractivity contribution in [3.63, 3.8) is 0 Å². The maximum Gasteiger partial charge on any atom is 0.193 e. The topological polar surface area (TPSA) is 36.9 Å². The van der Waals surface area contributed by atoms with E-state index >= 15 is 0 Å². The Morgan fingerprint density at radius 2 is 2.17 bits per heavy atom. The van der Waals surface area contributed by atoms with Crippen molar-refractivity contribution < 1.29 is 4.74 Å². The first-order valence-corrected chi connectivity index (χ1v) is 7.29. The van der Waals surface area contributed by atoms with Gasteiger partial charge in [-0.05, 0) is 25.2 Å². The van der Waals surface area contributed by atoms with E-state index in [9.17, 15) is 0 Å². The molecule has 0 aromatic carbocycles. The van der Waals surface area contributed by atoms with Crippen LogP contribution in [0.1, 0.15) is 32.1 Å². The minimum absolute atomic E-state index is 0.667. The zero-order valence-corrected chi connectivity index (χ0v) is 11.8. The molecule has 4 nitrogen and oxygen atoms in total. The first kappa shape index (κ1) is 13.7. The molecule has 1 saturated carbocycles. The van der Waals surface area contributed by atoms with Crippen molar-refractivity contribution in [3.05, 3.63) is 0 Å². The van der Waals surface area contributed by atoms with Gasteiger partial charge in [-0.2, -0.15) is 0 Å². The third-order valence-corrected chi connectivity index (χ3v) is 3.90. The monoisotopic (exact) mass is 253 g/mol. The Bertz CT molecular complexity index is 270. The third kappa shape index (κ3) is 4.48. The van der Waals surface area contributed by atoms with Gasteiger partial charge in [0, 0.05) is 39.7 Å². The van der Waals surface area contributed by atoms with Gasteiger partial charge in [0.05, 0.1) is 6.61 Å². The van der Waals surface area contributed by atoms with Crippen LogP contribution >= 0.6 is 0 Å². The van der Waals surface area contributed by atoms with Gasteiger partial charge in [-0.1, -0.05) is 12.8 Å². The fourth-order valence-electron chi connectivity index (χ4n) is 2.58. The van der Waals surface area contributed by atoms with Crippen LogP contribution in [0.15, 0.2) is 4.99 Å². The molecule has 0 amide bonds. The lowest BCUT2D eigenvalue weighted by Crippen LogP contribution is -2.41. The summed E-state index contributed by atoms with van der Waals surface area (Å²) in [6, 6.07) is 0. The molecule has 1 atom stereocenters. The average Bonchev–Trinajstić information content (AvgIpc) is 3.05. The van der Waals surface area contributed by atoms with Crippen LogP contribution in [0.2, 0.25) is 0 Å². The number of nitrogens with one attached hydrogen (secondary N) is 1. The number of nitrogens with zero attached hydrogens (tertiary/aromatic N) is 2. The van der Waals surface area contributed by atoms with Gasteiger partial charge in [0.1, 0.15) is 0 Å². The highest BCUT2D eigenvalue weighted by atomic mass is 16.5. The number of rotatable bonds is 6. The summed E-state index contributed by atoms with van der Waals surface area (Å²) >= 11 is 0. The number of aliphatic imine (C=N–C) groups is 1. The van der Waals surface area contributed by atoms with Gasteiger partial charge in [0.2, 0.25) is 0 Å². The van der Waals surface area contributed by atoms with E-state index in [1.165, 1.54) is 32.1 Å². The molecule has 1 heterocycles. The molecular formula is C14H27N3O. The molecule has 4 heteroatoms. The third-order valence-electron chi connectivity index (χ3n) is 3.90. The van der Waals surface area contributed by atoms with Crippen LogP contribution in [-0.4, -0.2) is 51.3 Å². The van der Waals surface area contributed by atoms with E-state index in [4.69, 9.17) is 4.74 Å². The van der Waals surface area contributed by atoms with Crippen molar-refractivity contribution in [1.82, 2.24) is 10.2 Å². The molecule has 0 radical (unpaired) electrons. The first-order valence-electron chi connectivity index (χ1n) is 7.29. The number of ether oxygens (including phenoxy) is 1. The predicted molar refractivity (Wildman–Crippen MR) is 74.9 cm³/mol. The summed E-state index contributed by atoms with van der Waals surface area (Å²) in [4.78, 5) is 6.59. The summed E-state index contributed by atoms with van der Waals surface area (Å²) in [5, 5.41) is 3.46. The molecule has 0 aromatic rings. The van der Waals surface area contributed by atoms with Crippen LogP contribution in [0.4, 0.5) is 0 Å². The molecule has 18 heavy (non-hydrogen) atoms. The maximum atomic E-state index is 5.42. The Kier molecular flexibility index (Phi) is 5.29. The summed E-state index contributed by atoms with van der Waals surface area (Å²) in [6.07, 6.45) is 6.74. The van der Waals surface area contributed by atoms with Crippen molar-refractivity contribution in [2.24, 2.45) is 16.8 Å². The lowest BCUT2D eigenvalue weighted by atomic mass is 10.1. The highest BCUT2D eigenvalue weighted by molar-refractivity contribution is 5.79. The molecule has 1 saturated heterocycles. The normalized spacial score (nSPS) is 24.3. The van der Waals surface area contributed by atoms with Crippen molar-refractivity contribution in [3.8, 4) is 0 Å². The molecule has 104 valence electrons. The predicted octanol–water partition coefficient (Wildman–Crippen LogP) is 1.72. The minimum atomic E-state index is 0.667. The fourth-order valence-corrected chi connectivity index (χ4v) is 2.58. The Hall–Kier alpha value is -0.770. The zero-order chi connectivity index (χ0) is 12.8. The van der Waals surface area contributed by atoms with Crippen molar-refractivity contribution in [1.29, 1.82) is 0 Å². The van der Waals surface area contributed by atoms with Crippen LogP contribution in [0.5, 0.6) is 0 Å². The zero-order valence-electron chi connectivity index (χ0n) is 11.8. The standard InChI is InChI=1S/C14H27N3O/c1-15-14(16-8-3-4-12-5-6-12)17(2)10-13-7-9-18-11-13/h12-13H,3-11H2,1-2H3,(H,15,16). The molecule has 1 N–H and O–H groups in total. The number of guanidine groups is 1. The van der Waals surface area contributed by atoms with Gasteiger partial charge in [0.25, 0.3) is 0 Å². The van der Waals surface area contributed by atoms with Gasteiger partial charge in [-0.15, -0.1) is 0 Å². The molecule has 2 aliphatic rings. The second-order valence-electron chi connectivity index (χ2n) is 5.67. The quantitative estimate of drug-likeness (QED) is 0.445. The molecule has 1 unspecified atom stereocenters. The Balaban J connectivity index is 1.62. The first-order chi connectivity index (χ1) is 8.79. The van der Waals surface area contributed by atoms with E-state index in [-0.39, 0.29) is 0 Å². The van der Waals surface area contributed by atoms with Crippen molar-refractivity contribution in [2.45, 2.75) is 32.1 Å². The molecule has 0 aromatic heterocycles. The highest BCUT2D eigenvalue weighted by Gasteiger charge is 2.21. The molecular weight excluding hydrogens is 226 g/mol. The molecule has 0 spiro atoms. The second-order valence-corrected chi connectivity index (χ2v) is 5.67. The molecule has 1 aliphatic heterocycles. The van der Waals surface area contributed by atoms with E-state index in [1.54, 1.807) is 0 Å². The van der Waals surface area contributed by atoms with E-state index < -0.39 is 0 Å². The number of hydrogen-bond acceptors (Lipinski definition) is 2. The Labute approximate surface area is 111 Å². The van der Waals surface area contributed by atoms with Gasteiger partial charge in [-0.3, -0.25) is 4.99 Å². The number of hydrogen-bond donors (Lipinski definition) is 1. The summed E-state index contributed by atoms with van der Waals surface area (Å²) in [7, 11) is 3.99. The van der Waals surface area contributed by atoms with Crippen LogP contribution in [0, 0.1) is 11.8 Å². The molecule has 1 aliphatic carbocycles. The van der Waals surface area contributed by atoms with E-state index in [1.807, 2.05) is 7.05 Å². The van der Waals surface area contributed by atoms with Crippen LogP contribution < -0.4 is 5.32 Å². The summed E-state index contributed by atoms with van der Waals surface area (Å²) < 4.78 is 5.42. The summed E-state index contributed by atoms with van der Waals surface area (Å²) in [5.41, 5.74) is 0. The van der Waals surface area contributed by atoms with E-state index in [2.05, 4.69) is 22.3 Å². The maximum absolute atomic E-state index is 5.42. The van der Waals surface area contributed by atoms with Gasteiger partial charge < -0.3 is 15.0 Å². The Morgan fingerprint density at radius 1 is 1.33 bits per heavy atom. The van der Waals surface area contributed by atoms with Gasteiger partial charge in [-0.25, -0.2) is 0 Å². The van der Waals surface area contributed by atoms with Crippen LogP contribution in [0.3, 0.4) is 0 Å². The van der Waals surface area contributed by atoms with E-state index in [0.29, 0.717) is 5.92 Å². The van der Waals surface area contributed by atoms with Crippen molar-refractivity contribution in [2.75, 3.05) is 40.4 Å². The van der Waals surface area contributed by atoms with E-state index in [0.717, 1.165) is 38.2 Å². The lowest BCUT2D eigenvalue weighted by Gasteiger charge is -2.24. The summed E-state index contributed by atoms with van der Waals surface area (Å²) in [5.74, 6) is 2.72. The second kappa shape index (κ2) is 6.98. The molecule has 0 bridgehead atoms. The average molecular weight is 253 g/mol. The SMILES string of the molecule is CN=C(NCCCC1CC1)N(C)CC1CCOC1. The molecule has 2 rings (SSSR count). The largest absolute Gasteiger partial charge is 0.381 e. The summed E-state index contributed by atoms with van der Waals surface area (Å²) in [6.45, 7) is 3.92. The van der Waals surface area contributed by atoms with Crippen LogP contribution in [0.25, 0.3) is 0 Å². The Morgan fingerprint density at radius 3 is 2.78 bits per heavy atom. The fraction of sp³-hybridized carbons (Fsp3) is 0.929. The van der Waals surface area contributed by atoms with Crippen molar-refractivity contribution >= 4 is 5.96 Å². The minimum Gasteiger partial charge on any atom is -0.381 e. The lowest BCUT2D eigenvalue weighted by molar-refractivity contribution is 0.181. The smallest absolute Gasteiger partial charge is 0.193 e. The van der Waals surface area contributed by atoms with Gasteiger partial charge >= 0.3 is 0 Å².